The maximum absolute atomic E-state index is 11.4. The minimum absolute atomic E-state index is 0.0447. The summed E-state index contributed by atoms with van der Waals surface area (Å²) in [7, 11) is -4.73. The molecule has 0 aromatic rings. The topological polar surface area (TPSA) is 108 Å². The van der Waals surface area contributed by atoms with Crippen molar-refractivity contribution in [3.8, 4) is 11.8 Å². The number of hydrogen-bond donors (Lipinski definition) is 2. The van der Waals surface area contributed by atoms with Gasteiger partial charge in [-0.15, -0.1) is 11.8 Å². The second-order valence-corrected chi connectivity index (χ2v) is 6.44. The van der Waals surface area contributed by atoms with Gasteiger partial charge in [0.1, 0.15) is 0 Å². The molecule has 118 valence electrons. The quantitative estimate of drug-likeness (QED) is 0.423. The van der Waals surface area contributed by atoms with Crippen molar-refractivity contribution in [3.63, 3.8) is 0 Å². The van der Waals surface area contributed by atoms with Gasteiger partial charge in [-0.1, -0.05) is 0 Å². The third-order valence-corrected chi connectivity index (χ3v) is 4.38. The Morgan fingerprint density at radius 1 is 1.33 bits per heavy atom. The predicted octanol–water partition coefficient (Wildman–Crippen LogP) is 0.629. The van der Waals surface area contributed by atoms with Crippen molar-refractivity contribution < 1.29 is 28.4 Å². The number of fused-ring (bicyclic) bond motifs is 1. The van der Waals surface area contributed by atoms with Crippen LogP contribution >= 0.6 is 7.82 Å². The molecule has 0 saturated heterocycles. The minimum Gasteiger partial charge on any atom is -0.756 e. The van der Waals surface area contributed by atoms with E-state index in [0.29, 0.717) is 24.4 Å². The fraction of sp³-hybridized carbons (Fsp3) is 0.769. The normalized spacial score (nSPS) is 29.7. The highest BCUT2D eigenvalue weighted by Gasteiger charge is 2.49. The van der Waals surface area contributed by atoms with Gasteiger partial charge in [0.2, 0.25) is 0 Å². The summed E-state index contributed by atoms with van der Waals surface area (Å²) in [5.74, 6) is 7.87. The highest BCUT2D eigenvalue weighted by Crippen LogP contribution is 2.52. The molecular formula is C13H19NO6P-. The summed E-state index contributed by atoms with van der Waals surface area (Å²) in [6, 6.07) is 0. The van der Waals surface area contributed by atoms with Crippen LogP contribution in [0.4, 0.5) is 4.79 Å². The van der Waals surface area contributed by atoms with Gasteiger partial charge < -0.3 is 24.4 Å². The largest absolute Gasteiger partial charge is 0.756 e. The average molecular weight is 316 g/mol. The Morgan fingerprint density at radius 3 is 2.52 bits per heavy atom. The number of rotatable bonds is 6. The number of amides is 1. The molecule has 0 bridgehead atoms. The Kier molecular flexibility index (Phi) is 5.65. The van der Waals surface area contributed by atoms with Crippen LogP contribution in [0.3, 0.4) is 0 Å². The van der Waals surface area contributed by atoms with Crippen LogP contribution in [0.15, 0.2) is 0 Å². The van der Waals surface area contributed by atoms with Gasteiger partial charge >= 0.3 is 6.09 Å². The zero-order chi connectivity index (χ0) is 15.3. The number of hydrogen-bond acceptors (Lipinski definition) is 5. The predicted molar refractivity (Wildman–Crippen MR) is 71.8 cm³/mol. The van der Waals surface area contributed by atoms with Crippen LogP contribution in [0.1, 0.15) is 25.7 Å². The molecule has 2 rings (SSSR count). The first-order chi connectivity index (χ1) is 9.97. The molecule has 0 aliphatic heterocycles. The first-order valence-corrected chi connectivity index (χ1v) is 8.51. The van der Waals surface area contributed by atoms with Gasteiger partial charge in [-0.3, -0.25) is 4.57 Å². The average Bonchev–Trinajstić information content (AvgIpc) is 3.01. The molecule has 2 aliphatic carbocycles. The van der Waals surface area contributed by atoms with Crippen LogP contribution in [0.2, 0.25) is 0 Å². The van der Waals surface area contributed by atoms with Crippen molar-refractivity contribution >= 4 is 13.9 Å². The van der Waals surface area contributed by atoms with Crippen LogP contribution in [0.25, 0.3) is 0 Å². The summed E-state index contributed by atoms with van der Waals surface area (Å²) < 4.78 is 19.5. The summed E-state index contributed by atoms with van der Waals surface area (Å²) in [5.41, 5.74) is 0. The molecule has 1 fully saturated rings. The molecule has 0 heterocycles. The highest BCUT2D eigenvalue weighted by molar-refractivity contribution is 7.44. The summed E-state index contributed by atoms with van der Waals surface area (Å²) in [6.45, 7) is 0.0114. The Hall–Kier alpha value is -1.06. The number of phosphoric ester groups is 1. The minimum atomic E-state index is -4.73. The molecule has 0 spiro atoms. The van der Waals surface area contributed by atoms with Crippen LogP contribution < -0.4 is 10.2 Å². The Morgan fingerprint density at radius 2 is 1.95 bits per heavy atom. The number of phosphoric acid groups is 1. The second kappa shape index (κ2) is 7.28. The summed E-state index contributed by atoms with van der Waals surface area (Å²) >= 11 is 0. The van der Waals surface area contributed by atoms with E-state index >= 15 is 0 Å². The third-order valence-electron chi connectivity index (χ3n) is 3.87. The van der Waals surface area contributed by atoms with Crippen molar-refractivity contribution in [3.05, 3.63) is 0 Å². The molecule has 4 atom stereocenters. The van der Waals surface area contributed by atoms with Crippen molar-refractivity contribution in [2.45, 2.75) is 25.7 Å². The molecule has 7 nitrogen and oxygen atoms in total. The molecule has 8 heteroatoms. The van der Waals surface area contributed by atoms with Gasteiger partial charge in [0, 0.05) is 19.4 Å². The molecule has 1 amide bonds. The van der Waals surface area contributed by atoms with E-state index in [-0.39, 0.29) is 13.2 Å². The van der Waals surface area contributed by atoms with E-state index in [2.05, 4.69) is 21.7 Å². The van der Waals surface area contributed by atoms with Gasteiger partial charge in [0.05, 0.1) is 13.2 Å². The highest BCUT2D eigenvalue weighted by atomic mass is 31.2. The number of ether oxygens (including phenoxy) is 1. The maximum Gasteiger partial charge on any atom is 0.407 e. The number of alkyl carbamates (subject to hydrolysis) is 1. The first kappa shape index (κ1) is 16.3. The van der Waals surface area contributed by atoms with Gasteiger partial charge in [-0.2, -0.15) is 0 Å². The van der Waals surface area contributed by atoms with E-state index in [4.69, 9.17) is 9.63 Å². The number of carbonyl (C=O) groups is 1. The van der Waals surface area contributed by atoms with Crippen molar-refractivity contribution in [1.29, 1.82) is 0 Å². The van der Waals surface area contributed by atoms with Crippen LogP contribution in [0.5, 0.6) is 0 Å². The van der Waals surface area contributed by atoms with Gasteiger partial charge in [-0.05, 0) is 30.6 Å². The van der Waals surface area contributed by atoms with Crippen LogP contribution in [-0.4, -0.2) is 30.7 Å². The standard InChI is InChI=1S/C13H20NO6P/c15-13(14-7-8-20-21(16,17)18)19-9-12-10-5-3-1-2-4-6-11(10)12/h10-12H,3-9H2,(H,14,15)(H2,16,17,18)/p-1/t10-,11+,12?. The van der Waals surface area contributed by atoms with E-state index in [0.717, 1.165) is 25.7 Å². The number of nitrogens with one attached hydrogen (secondary N) is 1. The van der Waals surface area contributed by atoms with Crippen molar-refractivity contribution in [2.24, 2.45) is 17.8 Å². The van der Waals surface area contributed by atoms with Gasteiger partial charge in [-0.25, -0.2) is 4.79 Å². The Balaban J connectivity index is 1.57. The zero-order valence-corrected chi connectivity index (χ0v) is 12.5. The van der Waals surface area contributed by atoms with E-state index in [1.165, 1.54) is 0 Å². The lowest BCUT2D eigenvalue weighted by Crippen LogP contribution is -2.28. The molecule has 0 aromatic heterocycles. The van der Waals surface area contributed by atoms with Gasteiger partial charge in [0.25, 0.3) is 7.82 Å². The van der Waals surface area contributed by atoms with E-state index in [1.807, 2.05) is 0 Å². The van der Waals surface area contributed by atoms with Crippen LogP contribution in [0, 0.1) is 29.6 Å². The summed E-state index contributed by atoms with van der Waals surface area (Å²) in [4.78, 5) is 30.1. The summed E-state index contributed by atoms with van der Waals surface area (Å²) in [6.07, 6.45) is 3.36. The monoisotopic (exact) mass is 316 g/mol. The van der Waals surface area contributed by atoms with E-state index < -0.39 is 13.9 Å². The maximum atomic E-state index is 11.4. The van der Waals surface area contributed by atoms with E-state index in [9.17, 15) is 14.3 Å². The van der Waals surface area contributed by atoms with E-state index in [1.54, 1.807) is 0 Å². The molecule has 2 aliphatic rings. The fourth-order valence-electron chi connectivity index (χ4n) is 2.82. The first-order valence-electron chi connectivity index (χ1n) is 7.02. The molecule has 0 radical (unpaired) electrons. The molecule has 2 N–H and O–H groups in total. The van der Waals surface area contributed by atoms with Gasteiger partial charge in [0.15, 0.2) is 0 Å². The molecule has 2 unspecified atom stereocenters. The van der Waals surface area contributed by atoms with Crippen molar-refractivity contribution in [1.82, 2.24) is 5.32 Å². The molecule has 1 saturated carbocycles. The fourth-order valence-corrected chi connectivity index (χ4v) is 3.14. The lowest BCUT2D eigenvalue weighted by Gasteiger charge is -2.15. The molecule has 21 heavy (non-hydrogen) atoms. The third kappa shape index (κ3) is 5.68. The SMILES string of the molecule is O=C(NCCOP(=O)([O-])O)OCC1[C@H]2CCC#CCC[C@@H]12. The lowest BCUT2D eigenvalue weighted by atomic mass is 10.1. The Labute approximate surface area is 123 Å². The zero-order valence-electron chi connectivity index (χ0n) is 11.6. The smallest absolute Gasteiger partial charge is 0.407 e. The lowest BCUT2D eigenvalue weighted by molar-refractivity contribution is -0.219. The van der Waals surface area contributed by atoms with Crippen molar-refractivity contribution in [2.75, 3.05) is 19.8 Å². The molecular weight excluding hydrogens is 297 g/mol. The van der Waals surface area contributed by atoms with Crippen LogP contribution in [-0.2, 0) is 13.8 Å². The number of carbonyl (C=O) groups excluding carboxylic acids is 1. The summed E-state index contributed by atoms with van der Waals surface area (Å²) in [5, 5.41) is 2.36. The Bertz CT molecular complexity index is 461. The second-order valence-electron chi connectivity index (χ2n) is 5.25. The molecule has 0 aromatic carbocycles.